The van der Waals surface area contributed by atoms with Gasteiger partial charge in [-0.25, -0.2) is 13.7 Å². The molecule has 0 saturated heterocycles. The largest absolute Gasteiger partial charge is 0.425 e. The Labute approximate surface area is 426 Å². The maximum atomic E-state index is 10.9. The molecule has 0 amide bonds. The molecular formula is C33H62Cl3NO26P8. The highest BCUT2D eigenvalue weighted by Gasteiger charge is 2.17. The molecular weight excluding hydrogens is 1180 g/mol. The normalized spacial score (nSPS) is 16.3. The van der Waals surface area contributed by atoms with E-state index < -0.39 is 65.7 Å². The number of rotatable bonds is 13. The summed E-state index contributed by atoms with van der Waals surface area (Å²) in [5, 5.41) is 10.9. The molecule has 0 heterocycles. The van der Waals surface area contributed by atoms with Crippen LogP contribution in [0.25, 0.3) is 0 Å². The van der Waals surface area contributed by atoms with Crippen molar-refractivity contribution in [1.82, 2.24) is 0 Å². The molecule has 0 aliphatic rings. The van der Waals surface area contributed by atoms with Crippen LogP contribution in [0.4, 0.5) is 5.69 Å². The lowest BCUT2D eigenvalue weighted by atomic mass is 10.3. The van der Waals surface area contributed by atoms with E-state index in [0.717, 1.165) is 46.7 Å². The molecule has 3 aromatic carbocycles. The van der Waals surface area contributed by atoms with Crippen molar-refractivity contribution in [2.45, 2.75) is 26.9 Å². The topological polar surface area (TPSA) is 426 Å². The molecule has 0 aliphatic heterocycles. The summed E-state index contributed by atoms with van der Waals surface area (Å²) in [5.41, 5.74) is -0.0961. The first kappa shape index (κ1) is 78.5. The van der Waals surface area contributed by atoms with Crippen molar-refractivity contribution in [2.24, 2.45) is 0 Å². The SMILES string of the molecule is CC(C)OP(C)(=O)O.CCOP(C)(=O)O.COP(C)(=O)O.COP(C)(=O)O.CP(=O)(O)O.CP(=O)(O)Oc1cc(Cl)c(Cl)cc1Cl.CP(=O)(O)Oc1ccc([N+](=O)[O-])cc1.CP(=O)(O)Oc1ccccc1. The predicted molar refractivity (Wildman–Crippen MR) is 273 cm³/mol. The number of nitro benzene ring substituents is 1. The number of nitro groups is 1. The number of halogens is 3. The minimum Gasteiger partial charge on any atom is -0.425 e. The Morgan fingerprint density at radius 2 is 0.845 bits per heavy atom. The first-order valence-corrected chi connectivity index (χ1v) is 35.8. The van der Waals surface area contributed by atoms with E-state index in [4.69, 9.17) is 87.9 Å². The highest BCUT2D eigenvalue weighted by atomic mass is 35.5. The lowest BCUT2D eigenvalue weighted by molar-refractivity contribution is -0.384. The average Bonchev–Trinajstić information content (AvgIpc) is 3.11. The molecule has 0 saturated carbocycles. The van der Waals surface area contributed by atoms with Gasteiger partial charge in [0.1, 0.15) is 17.2 Å². The Morgan fingerprint density at radius 1 is 0.521 bits per heavy atom. The van der Waals surface area contributed by atoms with E-state index in [1.165, 1.54) is 57.3 Å². The van der Waals surface area contributed by atoms with Gasteiger partial charge in [0, 0.05) is 85.7 Å². The van der Waals surface area contributed by atoms with Gasteiger partial charge in [0.15, 0.2) is 0 Å². The van der Waals surface area contributed by atoms with Crippen LogP contribution < -0.4 is 13.6 Å². The van der Waals surface area contributed by atoms with E-state index in [9.17, 15) is 46.6 Å². The molecule has 38 heteroatoms. The molecule has 0 bridgehead atoms. The van der Waals surface area contributed by atoms with Gasteiger partial charge < -0.3 is 75.7 Å². The highest BCUT2D eigenvalue weighted by Crippen LogP contribution is 2.44. The maximum Gasteiger partial charge on any atom is 0.373 e. The number of para-hydroxylation sites is 1. The summed E-state index contributed by atoms with van der Waals surface area (Å²) in [4.78, 5) is 84.8. The predicted octanol–water partition coefficient (Wildman–Crippen LogP) is 10.3. The second-order valence-electron chi connectivity index (χ2n) is 13.4. The monoisotopic (exact) mass is 1240 g/mol. The molecule has 0 aliphatic carbocycles. The maximum absolute atomic E-state index is 10.9. The fourth-order valence-electron chi connectivity index (χ4n) is 2.89. The van der Waals surface area contributed by atoms with Crippen molar-refractivity contribution in [3.63, 3.8) is 0 Å². The second kappa shape index (κ2) is 36.6. The molecule has 0 radical (unpaired) electrons. The van der Waals surface area contributed by atoms with E-state index in [0.29, 0.717) is 12.4 Å². The summed E-state index contributed by atoms with van der Waals surface area (Å²) >= 11 is 17.0. The summed E-state index contributed by atoms with van der Waals surface area (Å²) in [6.07, 6.45) is -0.171. The van der Waals surface area contributed by atoms with E-state index in [-0.39, 0.29) is 38.4 Å². The van der Waals surface area contributed by atoms with E-state index in [1.807, 2.05) is 6.07 Å². The highest BCUT2D eigenvalue weighted by molar-refractivity contribution is 7.53. The first-order chi connectivity index (χ1) is 31.4. The van der Waals surface area contributed by atoms with Gasteiger partial charge in [0.25, 0.3) is 5.69 Å². The van der Waals surface area contributed by atoms with Gasteiger partial charge in [-0.3, -0.25) is 32.9 Å². The Kier molecular flexibility index (Phi) is 40.5. The van der Waals surface area contributed by atoms with Crippen molar-refractivity contribution in [3.8, 4) is 17.2 Å². The minimum absolute atomic E-state index is 0.0365. The Balaban J connectivity index is -0.000000241. The zero-order valence-corrected chi connectivity index (χ0v) is 49.7. The van der Waals surface area contributed by atoms with Gasteiger partial charge in [-0.15, -0.1) is 0 Å². The van der Waals surface area contributed by atoms with Crippen LogP contribution in [0.1, 0.15) is 20.8 Å². The standard InChI is InChI=1S/C7H6Cl3O3P.C7H8NO5P.C7H9O3P.C4H11O3P.C3H9O3P.2C2H7O3P.CH5O3P/c1-14(11,12)13-7-3-5(9)4(8)2-6(7)10;1-14(11,12)13-7-4-2-6(3-5-7)8(9)10;1-11(8,9)10-7-5-3-2-4-6-7;1-4(2)7-8(3,5)6;1-3-6-7(2,4)5;2*1-5-6(2,3)4;1-5(2,3)4/h2-3H,1H3,(H,11,12);2-5H,1H3,(H,11,12);2-6H,1H3,(H,8,9);4H,1-3H3,(H,5,6);3H2,1-2H3,(H,4,5);2*1-2H3,(H,3,4);1H3,(H2,2,3,4). The van der Waals surface area contributed by atoms with Crippen LogP contribution >= 0.6 is 95.6 Å². The molecule has 27 nitrogen and oxygen atoms in total. The number of hydrogen-bond acceptors (Lipinski definition) is 17. The quantitative estimate of drug-likeness (QED) is 0.0332. The van der Waals surface area contributed by atoms with Gasteiger partial charge in [-0.1, -0.05) is 53.0 Å². The van der Waals surface area contributed by atoms with Crippen LogP contribution in [0.2, 0.25) is 15.1 Å². The number of non-ortho nitro benzene ring substituents is 1. The van der Waals surface area contributed by atoms with Crippen molar-refractivity contribution in [1.29, 1.82) is 0 Å². The lowest BCUT2D eigenvalue weighted by Gasteiger charge is -2.10. The van der Waals surface area contributed by atoms with Gasteiger partial charge in [-0.2, -0.15) is 0 Å². The van der Waals surface area contributed by atoms with Crippen LogP contribution in [-0.2, 0) is 54.6 Å². The van der Waals surface area contributed by atoms with Crippen molar-refractivity contribution >= 4 is 101 Å². The zero-order chi connectivity index (χ0) is 57.6. The average molecular weight is 1240 g/mol. The van der Waals surface area contributed by atoms with Crippen LogP contribution in [0.3, 0.4) is 0 Å². The zero-order valence-electron chi connectivity index (χ0n) is 40.3. The molecule has 7 atom stereocenters. The van der Waals surface area contributed by atoms with Gasteiger partial charge in [0.05, 0.1) is 32.7 Å². The third-order valence-corrected chi connectivity index (χ3v) is 10.6. The summed E-state index contributed by atoms with van der Waals surface area (Å²) in [5.74, 6) is 0.583. The lowest BCUT2D eigenvalue weighted by Crippen LogP contribution is -1.98. The van der Waals surface area contributed by atoms with Crippen LogP contribution in [0.15, 0.2) is 66.7 Å². The molecule has 7 unspecified atom stereocenters. The van der Waals surface area contributed by atoms with Gasteiger partial charge >= 0.3 is 60.8 Å². The van der Waals surface area contributed by atoms with Gasteiger partial charge in [0.2, 0.25) is 0 Å². The molecule has 0 fully saturated rings. The fourth-order valence-corrected chi connectivity index (χ4v) is 6.32. The van der Waals surface area contributed by atoms with E-state index in [2.05, 4.69) is 22.6 Å². The third kappa shape index (κ3) is 68.7. The van der Waals surface area contributed by atoms with Gasteiger partial charge in [-0.05, 0) is 51.1 Å². The number of hydrogen-bond donors (Lipinski definition) is 9. The summed E-state index contributed by atoms with van der Waals surface area (Å²) < 4.78 is 113. The van der Waals surface area contributed by atoms with E-state index in [1.54, 1.807) is 45.0 Å². The smallest absolute Gasteiger partial charge is 0.373 e. The van der Waals surface area contributed by atoms with Crippen molar-refractivity contribution < 1.29 is 117 Å². The molecule has 0 aromatic heterocycles. The van der Waals surface area contributed by atoms with Crippen LogP contribution in [-0.4, -0.2) is 129 Å². The Hall–Kier alpha value is -1.35. The molecule has 0 spiro atoms. The van der Waals surface area contributed by atoms with Crippen molar-refractivity contribution in [3.05, 3.63) is 91.9 Å². The molecule has 9 N–H and O–H groups in total. The molecule has 3 aromatic rings. The summed E-state index contributed by atoms with van der Waals surface area (Å²) in [6.45, 7) is 14.1. The third-order valence-electron chi connectivity index (χ3n) is 5.04. The molecule has 71 heavy (non-hydrogen) atoms. The molecule has 3 rings (SSSR count). The number of benzene rings is 3. The van der Waals surface area contributed by atoms with E-state index >= 15 is 0 Å². The number of nitrogens with zero attached hydrogens (tertiary/aromatic N) is 1. The summed E-state index contributed by atoms with van der Waals surface area (Å²) in [6, 6.07) is 16.1. The van der Waals surface area contributed by atoms with Crippen molar-refractivity contribution in [2.75, 3.05) is 74.1 Å². The minimum atomic E-state index is -3.64. The molecule has 416 valence electrons. The first-order valence-electron chi connectivity index (χ1n) is 18.5. The second-order valence-corrected chi connectivity index (χ2v) is 29.3. The Bertz CT molecular complexity index is 2340. The van der Waals surface area contributed by atoms with Crippen LogP contribution in [0.5, 0.6) is 17.2 Å². The summed E-state index contributed by atoms with van der Waals surface area (Å²) in [7, 11) is -24.5. The fraction of sp³-hybridized carbons (Fsp3) is 0.455. The van der Waals surface area contributed by atoms with Crippen LogP contribution in [0, 0.1) is 10.1 Å². The Morgan fingerprint density at radius 3 is 1.07 bits per heavy atom.